The van der Waals surface area contributed by atoms with Crippen molar-refractivity contribution in [1.82, 2.24) is 5.32 Å². The Bertz CT molecular complexity index is 407. The van der Waals surface area contributed by atoms with Crippen LogP contribution in [0.15, 0.2) is 30.3 Å². The highest BCUT2D eigenvalue weighted by Crippen LogP contribution is 2.31. The molecule has 0 aromatic heterocycles. The average Bonchev–Trinajstić information content (AvgIpc) is 2.27. The summed E-state index contributed by atoms with van der Waals surface area (Å²) in [7, 11) is 0. The molecule has 0 bridgehead atoms. The number of hydrogen-bond donors (Lipinski definition) is 2. The first-order valence-corrected chi connectivity index (χ1v) is 6.78. The minimum atomic E-state index is -1.72. The third kappa shape index (κ3) is 6.23. The van der Waals surface area contributed by atoms with Crippen LogP contribution in [0.1, 0.15) is 13.8 Å². The molecule has 0 aliphatic heterocycles. The number of hydrogen-bond acceptors (Lipinski definition) is 3. The number of ether oxygens (including phenoxy) is 1. The third-order valence-electron chi connectivity index (χ3n) is 2.02. The third-order valence-corrected chi connectivity index (χ3v) is 2.67. The van der Waals surface area contributed by atoms with E-state index in [9.17, 15) is 4.79 Å². The second-order valence-corrected chi connectivity index (χ2v) is 6.45. The number of halogens is 3. The van der Waals surface area contributed by atoms with Crippen molar-refractivity contribution in [3.63, 3.8) is 0 Å². The van der Waals surface area contributed by atoms with Crippen molar-refractivity contribution < 1.29 is 9.53 Å². The number of alkyl carbamates (subject to hydrolysis) is 1. The van der Waals surface area contributed by atoms with Crippen LogP contribution in [0.4, 0.5) is 10.5 Å². The first kappa shape index (κ1) is 16.2. The zero-order chi connectivity index (χ0) is 14.5. The van der Waals surface area contributed by atoms with Crippen LogP contribution in [0, 0.1) is 0 Å². The lowest BCUT2D eigenvalue weighted by molar-refractivity contribution is 0.113. The highest BCUT2D eigenvalue weighted by Gasteiger charge is 2.34. The molecule has 106 valence electrons. The maximum atomic E-state index is 11.6. The van der Waals surface area contributed by atoms with Crippen molar-refractivity contribution in [3.05, 3.63) is 30.3 Å². The van der Waals surface area contributed by atoms with Gasteiger partial charge in [0.1, 0.15) is 6.17 Å². The fourth-order valence-corrected chi connectivity index (χ4v) is 1.59. The Morgan fingerprint density at radius 1 is 1.21 bits per heavy atom. The van der Waals surface area contributed by atoms with E-state index in [1.54, 1.807) is 26.0 Å². The van der Waals surface area contributed by atoms with Gasteiger partial charge in [-0.05, 0) is 26.0 Å². The molecule has 0 saturated carbocycles. The molecule has 0 spiro atoms. The monoisotopic (exact) mass is 324 g/mol. The second-order valence-electron chi connectivity index (χ2n) is 4.08. The number of benzene rings is 1. The van der Waals surface area contributed by atoms with E-state index in [-0.39, 0.29) is 6.10 Å². The molecule has 4 nitrogen and oxygen atoms in total. The van der Waals surface area contributed by atoms with Gasteiger partial charge in [-0.1, -0.05) is 53.0 Å². The minimum absolute atomic E-state index is 0.257. The standard InChI is InChI=1S/C12H15Cl3N2O2/c1-8(2)19-11(18)17-10(12(13,14)15)16-9-6-4-3-5-7-9/h3-8,10,16H,1-2H3,(H,17,18)/t10-/m1/s1. The number of rotatable bonds is 4. The maximum absolute atomic E-state index is 11.6. The van der Waals surface area contributed by atoms with E-state index < -0.39 is 16.1 Å². The molecule has 7 heteroatoms. The zero-order valence-corrected chi connectivity index (χ0v) is 12.8. The predicted molar refractivity (Wildman–Crippen MR) is 78.9 cm³/mol. The molecule has 0 radical (unpaired) electrons. The van der Waals surface area contributed by atoms with Gasteiger partial charge >= 0.3 is 6.09 Å². The molecule has 0 saturated heterocycles. The smallest absolute Gasteiger partial charge is 0.409 e. The van der Waals surface area contributed by atoms with Gasteiger partial charge in [0.25, 0.3) is 0 Å². The van der Waals surface area contributed by atoms with E-state index >= 15 is 0 Å². The highest BCUT2D eigenvalue weighted by molar-refractivity contribution is 6.68. The lowest BCUT2D eigenvalue weighted by atomic mass is 10.3. The van der Waals surface area contributed by atoms with Gasteiger partial charge < -0.3 is 10.1 Å². The first-order chi connectivity index (χ1) is 8.79. The molecule has 0 fully saturated rings. The lowest BCUT2D eigenvalue weighted by Crippen LogP contribution is -2.49. The molecular weight excluding hydrogens is 311 g/mol. The lowest BCUT2D eigenvalue weighted by Gasteiger charge is -2.27. The van der Waals surface area contributed by atoms with Crippen LogP contribution in [0.3, 0.4) is 0 Å². The van der Waals surface area contributed by atoms with Crippen molar-refractivity contribution in [2.75, 3.05) is 5.32 Å². The molecular formula is C12H15Cl3N2O2. The van der Waals surface area contributed by atoms with Gasteiger partial charge in [0.05, 0.1) is 6.10 Å². The predicted octanol–water partition coefficient (Wildman–Crippen LogP) is 3.93. The Hall–Kier alpha value is -0.840. The van der Waals surface area contributed by atoms with Gasteiger partial charge in [0.15, 0.2) is 0 Å². The van der Waals surface area contributed by atoms with Crippen LogP contribution < -0.4 is 10.6 Å². The summed E-state index contributed by atoms with van der Waals surface area (Å²) in [4.78, 5) is 11.6. The largest absolute Gasteiger partial charge is 0.447 e. The molecule has 0 heterocycles. The summed E-state index contributed by atoms with van der Waals surface area (Å²) in [6, 6.07) is 9.09. The minimum Gasteiger partial charge on any atom is -0.447 e. The molecule has 0 aliphatic rings. The van der Waals surface area contributed by atoms with Crippen molar-refractivity contribution in [3.8, 4) is 0 Å². The van der Waals surface area contributed by atoms with Crippen LogP contribution in [0.2, 0.25) is 0 Å². The van der Waals surface area contributed by atoms with Crippen molar-refractivity contribution in [2.45, 2.75) is 29.9 Å². The summed E-state index contributed by atoms with van der Waals surface area (Å²) in [6.07, 6.45) is -1.83. The molecule has 1 atom stereocenters. The van der Waals surface area contributed by atoms with Crippen molar-refractivity contribution >= 4 is 46.6 Å². The number of carbonyl (C=O) groups is 1. The van der Waals surface area contributed by atoms with Gasteiger partial charge in [-0.25, -0.2) is 4.79 Å². The van der Waals surface area contributed by atoms with E-state index in [0.29, 0.717) is 5.69 Å². The molecule has 1 amide bonds. The maximum Gasteiger partial charge on any atom is 0.409 e. The Balaban J connectivity index is 2.71. The van der Waals surface area contributed by atoms with Crippen LogP contribution >= 0.6 is 34.8 Å². The highest BCUT2D eigenvalue weighted by atomic mass is 35.6. The second kappa shape index (κ2) is 7.08. The van der Waals surface area contributed by atoms with E-state index in [2.05, 4.69) is 10.6 Å². The van der Waals surface area contributed by atoms with E-state index in [4.69, 9.17) is 39.5 Å². The quantitative estimate of drug-likeness (QED) is 0.651. The summed E-state index contributed by atoms with van der Waals surface area (Å²) >= 11 is 17.5. The molecule has 1 rings (SSSR count). The molecule has 0 unspecified atom stereocenters. The number of amides is 1. The Labute approximate surface area is 127 Å². The van der Waals surface area contributed by atoms with Gasteiger partial charge in [0, 0.05) is 5.69 Å². The van der Waals surface area contributed by atoms with Crippen molar-refractivity contribution in [1.29, 1.82) is 0 Å². The van der Waals surface area contributed by atoms with Crippen LogP contribution in [0.25, 0.3) is 0 Å². The summed E-state index contributed by atoms with van der Waals surface area (Å²) in [6.45, 7) is 3.46. The van der Waals surface area contributed by atoms with E-state index in [1.165, 1.54) is 0 Å². The van der Waals surface area contributed by atoms with E-state index in [1.807, 2.05) is 18.2 Å². The van der Waals surface area contributed by atoms with Crippen LogP contribution in [-0.4, -0.2) is 22.2 Å². The molecule has 2 N–H and O–H groups in total. The van der Waals surface area contributed by atoms with E-state index in [0.717, 1.165) is 0 Å². The number of carbonyl (C=O) groups excluding carboxylic acids is 1. The normalized spacial score (nSPS) is 12.9. The summed E-state index contributed by atoms with van der Waals surface area (Å²) < 4.78 is 3.23. The average molecular weight is 326 g/mol. The fraction of sp³-hybridized carbons (Fsp3) is 0.417. The molecule has 1 aromatic carbocycles. The number of nitrogens with one attached hydrogen (secondary N) is 2. The molecule has 19 heavy (non-hydrogen) atoms. The zero-order valence-electron chi connectivity index (χ0n) is 10.5. The number of para-hydroxylation sites is 1. The first-order valence-electron chi connectivity index (χ1n) is 5.64. The van der Waals surface area contributed by atoms with Gasteiger partial charge in [-0.3, -0.25) is 5.32 Å². The Kier molecular flexibility index (Phi) is 6.04. The van der Waals surface area contributed by atoms with Crippen LogP contribution in [-0.2, 0) is 4.74 Å². The fourth-order valence-electron chi connectivity index (χ4n) is 1.27. The Morgan fingerprint density at radius 2 is 1.79 bits per heavy atom. The SMILES string of the molecule is CC(C)OC(=O)N[C@@H](Nc1ccccc1)C(Cl)(Cl)Cl. The topological polar surface area (TPSA) is 50.4 Å². The van der Waals surface area contributed by atoms with Gasteiger partial charge in [-0.2, -0.15) is 0 Å². The summed E-state index contributed by atoms with van der Waals surface area (Å²) in [5.74, 6) is 0. The summed E-state index contributed by atoms with van der Waals surface area (Å²) in [5.41, 5.74) is 0.712. The van der Waals surface area contributed by atoms with Crippen LogP contribution in [0.5, 0.6) is 0 Å². The number of alkyl halides is 3. The number of anilines is 1. The molecule has 0 aliphatic carbocycles. The summed E-state index contributed by atoms with van der Waals surface area (Å²) in [5, 5.41) is 5.38. The van der Waals surface area contributed by atoms with Crippen molar-refractivity contribution in [2.24, 2.45) is 0 Å². The van der Waals surface area contributed by atoms with Gasteiger partial charge in [-0.15, -0.1) is 0 Å². The molecule has 1 aromatic rings. The van der Waals surface area contributed by atoms with Gasteiger partial charge in [0.2, 0.25) is 3.79 Å². The Morgan fingerprint density at radius 3 is 2.26 bits per heavy atom.